The van der Waals surface area contributed by atoms with Crippen LogP contribution in [0.15, 0.2) is 46.3 Å². The minimum atomic E-state index is -4.12. The van der Waals surface area contributed by atoms with Gasteiger partial charge in [-0.25, -0.2) is 8.42 Å². The van der Waals surface area contributed by atoms with Crippen LogP contribution in [0, 0.1) is 0 Å². The third-order valence-electron chi connectivity index (χ3n) is 6.16. The molecule has 2 atom stereocenters. The lowest BCUT2D eigenvalue weighted by Crippen LogP contribution is -2.53. The van der Waals surface area contributed by atoms with Gasteiger partial charge in [0.1, 0.15) is 11.8 Å². The van der Waals surface area contributed by atoms with Gasteiger partial charge in [-0.2, -0.15) is 4.72 Å². The fourth-order valence-corrected chi connectivity index (χ4v) is 5.44. The lowest BCUT2D eigenvalue weighted by molar-refractivity contribution is -0.135. The zero-order valence-corrected chi connectivity index (χ0v) is 21.5. The molecule has 0 spiro atoms. The van der Waals surface area contributed by atoms with Crippen molar-refractivity contribution in [1.82, 2.24) is 14.9 Å². The number of nitrogens with zero attached hydrogens (tertiary/aromatic N) is 2. The van der Waals surface area contributed by atoms with Gasteiger partial charge in [0.05, 0.1) is 18.6 Å². The fraction of sp³-hybridized carbons (Fsp3) is 0.458. The summed E-state index contributed by atoms with van der Waals surface area (Å²) in [6, 6.07) is 8.23. The van der Waals surface area contributed by atoms with Crippen molar-refractivity contribution in [1.29, 1.82) is 0 Å². The zero-order chi connectivity index (χ0) is 27.0. The van der Waals surface area contributed by atoms with Crippen LogP contribution in [0.1, 0.15) is 25.7 Å². The van der Waals surface area contributed by atoms with E-state index in [4.69, 9.17) is 16.2 Å². The first-order valence-corrected chi connectivity index (χ1v) is 13.5. The summed E-state index contributed by atoms with van der Waals surface area (Å²) in [6.07, 6.45) is 2.06. The van der Waals surface area contributed by atoms with Crippen molar-refractivity contribution >= 4 is 38.6 Å². The number of likely N-dealkylation sites (tertiary alicyclic amines) is 1. The number of carbonyl (C=O) groups excluding carboxylic acids is 2. The summed E-state index contributed by atoms with van der Waals surface area (Å²) in [6.45, 7) is 0.259. The summed E-state index contributed by atoms with van der Waals surface area (Å²) in [7, 11) is -2.60. The van der Waals surface area contributed by atoms with Crippen LogP contribution < -0.4 is 26.2 Å². The SMILES string of the molecule is COc1ccc2ccc(S(=O)(=O)N[C@H](CO)C(=O)N3CCC[C@H]3CNC(=O)CCCN=C(N)N)cc2c1. The number of rotatable bonds is 12. The molecule has 0 unspecified atom stereocenters. The lowest BCUT2D eigenvalue weighted by atomic mass is 10.1. The number of sulfonamides is 1. The molecule has 0 saturated carbocycles. The Morgan fingerprint density at radius 2 is 1.97 bits per heavy atom. The van der Waals surface area contributed by atoms with Gasteiger partial charge in [-0.15, -0.1) is 0 Å². The van der Waals surface area contributed by atoms with E-state index in [0.29, 0.717) is 43.5 Å². The molecule has 1 fully saturated rings. The molecule has 0 aromatic heterocycles. The Kier molecular flexibility index (Phi) is 9.66. The van der Waals surface area contributed by atoms with Crippen LogP contribution in [-0.4, -0.2) is 81.6 Å². The zero-order valence-electron chi connectivity index (χ0n) is 20.7. The Morgan fingerprint density at radius 1 is 1.22 bits per heavy atom. The fourth-order valence-electron chi connectivity index (χ4n) is 4.22. The van der Waals surface area contributed by atoms with Crippen molar-refractivity contribution in [2.45, 2.75) is 42.7 Å². The maximum atomic E-state index is 13.2. The number of hydrogen-bond acceptors (Lipinski definition) is 7. The minimum absolute atomic E-state index is 0.0320. The van der Waals surface area contributed by atoms with E-state index in [1.807, 2.05) is 6.07 Å². The number of nitrogens with two attached hydrogens (primary N) is 2. The standard InChI is InChI=1S/C24H34N6O6S/c1-36-19-8-6-16-7-9-20(13-17(16)12-19)37(34,35)29-21(15-31)23(33)30-11-3-4-18(30)14-28-22(32)5-2-10-27-24(25)26/h6-9,12-13,18,21,29,31H,2-5,10-11,14-15H2,1H3,(H,28,32)(H4,25,26,27)/t18-,21+/m0/s1. The van der Waals surface area contributed by atoms with Crippen LogP contribution >= 0.6 is 0 Å². The van der Waals surface area contributed by atoms with E-state index in [0.717, 1.165) is 5.39 Å². The van der Waals surface area contributed by atoms with Crippen molar-refractivity contribution in [3.05, 3.63) is 36.4 Å². The van der Waals surface area contributed by atoms with Crippen LogP contribution in [0.2, 0.25) is 0 Å². The predicted molar refractivity (Wildman–Crippen MR) is 139 cm³/mol. The van der Waals surface area contributed by atoms with Crippen LogP contribution in [0.5, 0.6) is 5.75 Å². The molecule has 1 saturated heterocycles. The quantitative estimate of drug-likeness (QED) is 0.139. The molecule has 0 aliphatic carbocycles. The monoisotopic (exact) mass is 534 g/mol. The second-order valence-electron chi connectivity index (χ2n) is 8.77. The normalized spacial score (nSPS) is 16.4. The third-order valence-corrected chi connectivity index (χ3v) is 7.63. The van der Waals surface area contributed by atoms with Gasteiger partial charge in [-0.1, -0.05) is 12.1 Å². The van der Waals surface area contributed by atoms with E-state index in [1.54, 1.807) is 18.2 Å². The van der Waals surface area contributed by atoms with E-state index in [-0.39, 0.29) is 35.8 Å². The van der Waals surface area contributed by atoms with Gasteiger partial charge in [-0.05, 0) is 54.3 Å². The molecular formula is C24H34N6O6S. The van der Waals surface area contributed by atoms with Crippen LogP contribution in [-0.2, 0) is 19.6 Å². The number of carbonyl (C=O) groups is 2. The van der Waals surface area contributed by atoms with Gasteiger partial charge < -0.3 is 31.5 Å². The van der Waals surface area contributed by atoms with E-state index < -0.39 is 28.6 Å². The summed E-state index contributed by atoms with van der Waals surface area (Å²) in [5.41, 5.74) is 10.5. The first-order valence-electron chi connectivity index (χ1n) is 12.0. The number of guanidine groups is 1. The van der Waals surface area contributed by atoms with Gasteiger partial charge in [0.15, 0.2) is 5.96 Å². The summed E-state index contributed by atoms with van der Waals surface area (Å²) in [5.74, 6) is -0.190. The smallest absolute Gasteiger partial charge is 0.243 e. The number of aliphatic hydroxyl groups excluding tert-OH is 1. The lowest BCUT2D eigenvalue weighted by Gasteiger charge is -2.28. The molecule has 2 aromatic carbocycles. The molecule has 2 amide bonds. The molecule has 0 radical (unpaired) electrons. The Morgan fingerprint density at radius 3 is 2.68 bits per heavy atom. The number of aliphatic hydroxyl groups is 1. The highest BCUT2D eigenvalue weighted by atomic mass is 32.2. The third kappa shape index (κ3) is 7.54. The number of ether oxygens (including phenoxy) is 1. The van der Waals surface area contributed by atoms with Crippen molar-refractivity contribution < 1.29 is 27.9 Å². The molecule has 12 nitrogen and oxygen atoms in total. The molecule has 1 aliphatic rings. The maximum absolute atomic E-state index is 13.2. The molecular weight excluding hydrogens is 500 g/mol. The number of hydrogen-bond donors (Lipinski definition) is 5. The van der Waals surface area contributed by atoms with Gasteiger partial charge >= 0.3 is 0 Å². The van der Waals surface area contributed by atoms with E-state index in [1.165, 1.54) is 24.1 Å². The highest BCUT2D eigenvalue weighted by Gasteiger charge is 2.35. The van der Waals surface area contributed by atoms with Gasteiger partial charge in [-0.3, -0.25) is 14.6 Å². The van der Waals surface area contributed by atoms with E-state index in [9.17, 15) is 23.1 Å². The Labute approximate surface area is 216 Å². The van der Waals surface area contributed by atoms with E-state index >= 15 is 0 Å². The van der Waals surface area contributed by atoms with Gasteiger partial charge in [0.25, 0.3) is 0 Å². The van der Waals surface area contributed by atoms with Crippen LogP contribution in [0.4, 0.5) is 0 Å². The summed E-state index contributed by atoms with van der Waals surface area (Å²) >= 11 is 0. The van der Waals surface area contributed by atoms with Crippen molar-refractivity contribution in [2.24, 2.45) is 16.5 Å². The molecule has 7 N–H and O–H groups in total. The molecule has 202 valence electrons. The molecule has 1 aliphatic heterocycles. The maximum Gasteiger partial charge on any atom is 0.243 e. The first-order chi connectivity index (χ1) is 17.6. The van der Waals surface area contributed by atoms with Crippen LogP contribution in [0.25, 0.3) is 10.8 Å². The summed E-state index contributed by atoms with van der Waals surface area (Å²) < 4.78 is 33.7. The highest BCUT2D eigenvalue weighted by Crippen LogP contribution is 2.24. The predicted octanol–water partition coefficient (Wildman–Crippen LogP) is -0.352. The molecule has 2 aromatic rings. The van der Waals surface area contributed by atoms with Crippen molar-refractivity contribution in [3.63, 3.8) is 0 Å². The number of aliphatic imine (C=N–C) groups is 1. The van der Waals surface area contributed by atoms with Crippen LogP contribution in [0.3, 0.4) is 0 Å². The number of fused-ring (bicyclic) bond motifs is 1. The van der Waals surface area contributed by atoms with Crippen molar-refractivity contribution in [3.8, 4) is 5.75 Å². The minimum Gasteiger partial charge on any atom is -0.497 e. The molecule has 0 bridgehead atoms. The molecule has 1 heterocycles. The summed E-state index contributed by atoms with van der Waals surface area (Å²) in [4.78, 5) is 30.6. The number of amides is 2. The van der Waals surface area contributed by atoms with Crippen molar-refractivity contribution in [2.75, 3.05) is 33.4 Å². The van der Waals surface area contributed by atoms with E-state index in [2.05, 4.69) is 15.0 Å². The molecule has 37 heavy (non-hydrogen) atoms. The number of methoxy groups -OCH3 is 1. The topological polar surface area (TPSA) is 189 Å². The van der Waals surface area contributed by atoms with Gasteiger partial charge in [0, 0.05) is 32.1 Å². The second kappa shape index (κ2) is 12.7. The Balaban J connectivity index is 1.63. The highest BCUT2D eigenvalue weighted by molar-refractivity contribution is 7.89. The first kappa shape index (κ1) is 28.2. The average Bonchev–Trinajstić information content (AvgIpc) is 3.36. The largest absolute Gasteiger partial charge is 0.497 e. The van der Waals surface area contributed by atoms with Gasteiger partial charge in [0.2, 0.25) is 21.8 Å². The summed E-state index contributed by atoms with van der Waals surface area (Å²) in [5, 5.41) is 14.2. The second-order valence-corrected chi connectivity index (χ2v) is 10.5. The Bertz CT molecular complexity index is 1250. The molecule has 13 heteroatoms. The number of benzene rings is 2. The Hall–Kier alpha value is -3.42. The molecule has 3 rings (SSSR count). The number of nitrogens with one attached hydrogen (secondary N) is 2. The average molecular weight is 535 g/mol.